The monoisotopic (exact) mass is 642 g/mol. The van der Waals surface area contributed by atoms with Crippen LogP contribution in [0, 0.1) is 11.8 Å². The number of rotatable bonds is 15. The standard InChI is InChI=1S/C30H38Cl2F2N4O5/c1-19(2)26(28(40)30(33,34)29(41)36-10-11-38-12-14-42-15-13-38)27(35)24(16-20-6-4-3-5-7-20)37-25(39)18-43-21-8-9-22(31)23(32)17-21/h3-9,17,19,24,26-27H,10-16,18,35H2,1-2H3,(H,36,41)(H,37,39)/t24-,26-,27?/m0/s1. The van der Waals surface area contributed by atoms with E-state index in [1.165, 1.54) is 18.2 Å². The number of nitrogens with two attached hydrogens (primary N) is 1. The van der Waals surface area contributed by atoms with Crippen LogP contribution in [0.5, 0.6) is 5.75 Å². The summed E-state index contributed by atoms with van der Waals surface area (Å²) in [6.45, 7) is 5.32. The van der Waals surface area contributed by atoms with E-state index in [2.05, 4.69) is 10.6 Å². The molecule has 0 radical (unpaired) electrons. The summed E-state index contributed by atoms with van der Waals surface area (Å²) >= 11 is 11.9. The molecule has 4 N–H and O–H groups in total. The predicted octanol–water partition coefficient (Wildman–Crippen LogP) is 3.35. The zero-order valence-electron chi connectivity index (χ0n) is 24.2. The number of ketones is 1. The predicted molar refractivity (Wildman–Crippen MR) is 161 cm³/mol. The molecule has 13 heteroatoms. The van der Waals surface area contributed by atoms with Crippen molar-refractivity contribution in [1.82, 2.24) is 15.5 Å². The average Bonchev–Trinajstić information content (AvgIpc) is 2.98. The van der Waals surface area contributed by atoms with Crippen LogP contribution in [0.2, 0.25) is 10.0 Å². The third-order valence-corrected chi connectivity index (χ3v) is 7.96. The molecular weight excluding hydrogens is 605 g/mol. The van der Waals surface area contributed by atoms with Crippen LogP contribution < -0.4 is 21.1 Å². The summed E-state index contributed by atoms with van der Waals surface area (Å²) in [4.78, 5) is 40.7. The molecule has 43 heavy (non-hydrogen) atoms. The van der Waals surface area contributed by atoms with Crippen molar-refractivity contribution >= 4 is 40.8 Å². The lowest BCUT2D eigenvalue weighted by Crippen LogP contribution is -2.60. The lowest BCUT2D eigenvalue weighted by atomic mass is 9.78. The minimum absolute atomic E-state index is 0.0500. The average molecular weight is 644 g/mol. The number of carbonyl (C=O) groups excluding carboxylic acids is 3. The summed E-state index contributed by atoms with van der Waals surface area (Å²) in [5, 5.41) is 5.49. The van der Waals surface area contributed by atoms with Crippen molar-refractivity contribution in [2.24, 2.45) is 17.6 Å². The van der Waals surface area contributed by atoms with E-state index >= 15 is 8.78 Å². The molecule has 2 amide bonds. The Morgan fingerprint density at radius 3 is 2.37 bits per heavy atom. The van der Waals surface area contributed by atoms with E-state index in [1.54, 1.807) is 44.2 Å². The summed E-state index contributed by atoms with van der Waals surface area (Å²) in [5.41, 5.74) is 7.27. The number of carbonyl (C=O) groups is 3. The Morgan fingerprint density at radius 2 is 1.74 bits per heavy atom. The van der Waals surface area contributed by atoms with Gasteiger partial charge in [0.1, 0.15) is 5.75 Å². The van der Waals surface area contributed by atoms with Crippen LogP contribution in [0.25, 0.3) is 0 Å². The molecule has 1 aliphatic heterocycles. The minimum atomic E-state index is -4.32. The van der Waals surface area contributed by atoms with Gasteiger partial charge in [0.15, 0.2) is 6.61 Å². The molecule has 9 nitrogen and oxygen atoms in total. The molecule has 3 atom stereocenters. The number of ether oxygens (including phenoxy) is 2. The summed E-state index contributed by atoms with van der Waals surface area (Å²) in [6.07, 6.45) is 0.147. The zero-order valence-corrected chi connectivity index (χ0v) is 25.7. The Hall–Kier alpha value is -2.83. The maximum atomic E-state index is 15.3. The fourth-order valence-corrected chi connectivity index (χ4v) is 5.16. The third-order valence-electron chi connectivity index (χ3n) is 7.22. The molecule has 1 aliphatic rings. The lowest BCUT2D eigenvalue weighted by Gasteiger charge is -2.34. The summed E-state index contributed by atoms with van der Waals surface area (Å²) in [7, 11) is 0. The van der Waals surface area contributed by atoms with Crippen LogP contribution >= 0.6 is 23.2 Å². The van der Waals surface area contributed by atoms with Crippen molar-refractivity contribution in [2.75, 3.05) is 46.0 Å². The van der Waals surface area contributed by atoms with Crippen LogP contribution in [0.4, 0.5) is 8.78 Å². The van der Waals surface area contributed by atoms with Gasteiger partial charge in [0.05, 0.1) is 23.3 Å². The van der Waals surface area contributed by atoms with Gasteiger partial charge in [0.25, 0.3) is 11.8 Å². The smallest absolute Gasteiger partial charge is 0.381 e. The molecule has 1 heterocycles. The fraction of sp³-hybridized carbons (Fsp3) is 0.500. The van der Waals surface area contributed by atoms with E-state index in [4.69, 9.17) is 38.4 Å². The minimum Gasteiger partial charge on any atom is -0.484 e. The zero-order chi connectivity index (χ0) is 31.6. The maximum Gasteiger partial charge on any atom is 0.381 e. The molecule has 1 saturated heterocycles. The normalized spacial score (nSPS) is 16.3. The van der Waals surface area contributed by atoms with Crippen LogP contribution in [0.3, 0.4) is 0 Å². The van der Waals surface area contributed by atoms with Gasteiger partial charge in [-0.25, -0.2) is 0 Å². The number of hydrogen-bond donors (Lipinski definition) is 3. The molecule has 2 aromatic rings. The third kappa shape index (κ3) is 10.1. The largest absolute Gasteiger partial charge is 0.484 e. The SMILES string of the molecule is CC(C)[C@H](C(=O)C(F)(F)C(=O)NCCN1CCOCC1)C(N)[C@H](Cc1ccccc1)NC(=O)COc1ccc(Cl)c(Cl)c1. The molecule has 0 spiro atoms. The van der Waals surface area contributed by atoms with Crippen LogP contribution in [0.15, 0.2) is 48.5 Å². The van der Waals surface area contributed by atoms with Crippen LogP contribution in [0.1, 0.15) is 19.4 Å². The van der Waals surface area contributed by atoms with Crippen molar-refractivity contribution in [1.29, 1.82) is 0 Å². The van der Waals surface area contributed by atoms with Gasteiger partial charge in [0.2, 0.25) is 5.78 Å². The summed E-state index contributed by atoms with van der Waals surface area (Å²) < 4.78 is 41.4. The highest BCUT2D eigenvalue weighted by Gasteiger charge is 2.52. The molecule has 1 fully saturated rings. The van der Waals surface area contributed by atoms with Gasteiger partial charge in [-0.05, 0) is 30.0 Å². The van der Waals surface area contributed by atoms with Gasteiger partial charge in [-0.1, -0.05) is 67.4 Å². The van der Waals surface area contributed by atoms with E-state index in [9.17, 15) is 14.4 Å². The van der Waals surface area contributed by atoms with E-state index in [0.717, 1.165) is 5.56 Å². The molecule has 0 saturated carbocycles. The number of nitrogens with one attached hydrogen (secondary N) is 2. The lowest BCUT2D eigenvalue weighted by molar-refractivity contribution is -0.162. The number of morpholine rings is 1. The van der Waals surface area contributed by atoms with Crippen molar-refractivity contribution in [3.63, 3.8) is 0 Å². The molecule has 0 bridgehead atoms. The molecule has 2 aromatic carbocycles. The first kappa shape index (κ1) is 34.7. The number of hydrogen-bond acceptors (Lipinski definition) is 7. The first-order chi connectivity index (χ1) is 20.4. The van der Waals surface area contributed by atoms with Crippen molar-refractivity contribution < 1.29 is 32.6 Å². The Balaban J connectivity index is 1.72. The highest BCUT2D eigenvalue weighted by Crippen LogP contribution is 2.29. The van der Waals surface area contributed by atoms with Crippen LogP contribution in [-0.4, -0.2) is 86.5 Å². The Bertz CT molecular complexity index is 1230. The Labute approximate surface area is 260 Å². The number of benzene rings is 2. The van der Waals surface area contributed by atoms with Crippen molar-refractivity contribution in [3.8, 4) is 5.75 Å². The molecule has 1 unspecified atom stereocenters. The molecule has 236 valence electrons. The Morgan fingerprint density at radius 1 is 1.07 bits per heavy atom. The number of nitrogens with zero attached hydrogens (tertiary/aromatic N) is 1. The van der Waals surface area contributed by atoms with Crippen LogP contribution in [-0.2, 0) is 25.5 Å². The van der Waals surface area contributed by atoms with Gasteiger partial charge in [-0.15, -0.1) is 0 Å². The molecule has 3 rings (SSSR count). The second kappa shape index (κ2) is 16.3. The van der Waals surface area contributed by atoms with E-state index in [-0.39, 0.29) is 18.0 Å². The number of halogens is 4. The molecule has 0 aliphatic carbocycles. The van der Waals surface area contributed by atoms with E-state index < -0.39 is 54.0 Å². The van der Waals surface area contributed by atoms with E-state index in [0.29, 0.717) is 43.6 Å². The van der Waals surface area contributed by atoms with Gasteiger partial charge in [0, 0.05) is 50.2 Å². The summed E-state index contributed by atoms with van der Waals surface area (Å²) in [6, 6.07) is 11.3. The second-order valence-corrected chi connectivity index (χ2v) is 11.5. The van der Waals surface area contributed by atoms with Crippen molar-refractivity contribution in [2.45, 2.75) is 38.3 Å². The second-order valence-electron chi connectivity index (χ2n) is 10.7. The first-order valence-corrected chi connectivity index (χ1v) is 14.8. The highest BCUT2D eigenvalue weighted by atomic mass is 35.5. The van der Waals surface area contributed by atoms with Gasteiger partial charge < -0.3 is 25.8 Å². The van der Waals surface area contributed by atoms with E-state index in [1.807, 2.05) is 4.90 Å². The van der Waals surface area contributed by atoms with Crippen molar-refractivity contribution in [3.05, 3.63) is 64.1 Å². The first-order valence-electron chi connectivity index (χ1n) is 14.1. The number of Topliss-reactive ketones (excluding diaryl/α,β-unsaturated/α-hetero) is 1. The topological polar surface area (TPSA) is 123 Å². The Kier molecular flexibility index (Phi) is 13.1. The number of alkyl halides is 2. The fourth-order valence-electron chi connectivity index (χ4n) is 4.87. The maximum absolute atomic E-state index is 15.3. The van der Waals surface area contributed by atoms with Gasteiger partial charge in [-0.3, -0.25) is 19.3 Å². The number of amides is 2. The highest BCUT2D eigenvalue weighted by molar-refractivity contribution is 6.42. The quantitative estimate of drug-likeness (QED) is 0.255. The molecular formula is C30H38Cl2F2N4O5. The molecule has 0 aromatic heterocycles. The van der Waals surface area contributed by atoms with Gasteiger partial charge in [-0.2, -0.15) is 8.78 Å². The van der Waals surface area contributed by atoms with Gasteiger partial charge >= 0.3 is 5.92 Å². The summed E-state index contributed by atoms with van der Waals surface area (Å²) in [5.74, 6) is -10.0.